The highest BCUT2D eigenvalue weighted by Crippen LogP contribution is 2.10. The van der Waals surface area contributed by atoms with Crippen molar-refractivity contribution in [3.8, 4) is 6.07 Å². The van der Waals surface area contributed by atoms with Crippen LogP contribution in [-0.4, -0.2) is 25.0 Å². The average Bonchev–Trinajstić information content (AvgIpc) is 2.51. The molecule has 5 heteroatoms. The third-order valence-electron chi connectivity index (χ3n) is 3.24. The van der Waals surface area contributed by atoms with Crippen LogP contribution >= 0.6 is 0 Å². The molecule has 0 aromatic heterocycles. The normalized spacial score (nSPS) is 12.8. The smallest absolute Gasteiger partial charge is 0.328 e. The molecule has 0 bridgehead atoms. The predicted octanol–water partition coefficient (Wildman–Crippen LogP) is 1.83. The Morgan fingerprint density at radius 2 is 2.00 bits per heavy atom. The molecule has 0 spiro atoms. The number of esters is 1. The zero-order chi connectivity index (χ0) is 15.7. The summed E-state index contributed by atoms with van der Waals surface area (Å²) in [6.45, 7) is 1.74. The number of methoxy groups -OCH3 is 1. The Balaban J connectivity index is 2.56. The summed E-state index contributed by atoms with van der Waals surface area (Å²) in [5, 5.41) is 11.4. The first-order chi connectivity index (χ1) is 10.1. The summed E-state index contributed by atoms with van der Waals surface area (Å²) >= 11 is 0. The van der Waals surface area contributed by atoms with Gasteiger partial charge in [0.1, 0.15) is 6.04 Å². The number of benzene rings is 1. The quantitative estimate of drug-likeness (QED) is 0.776. The fourth-order valence-corrected chi connectivity index (χ4v) is 1.97. The first-order valence-electron chi connectivity index (χ1n) is 6.86. The summed E-state index contributed by atoms with van der Waals surface area (Å²) in [7, 11) is 1.27. The molecule has 112 valence electrons. The molecule has 1 amide bonds. The number of nitrogens with one attached hydrogen (secondary N) is 1. The van der Waals surface area contributed by atoms with Crippen molar-refractivity contribution in [1.82, 2.24) is 5.32 Å². The third kappa shape index (κ3) is 5.65. The second-order valence-corrected chi connectivity index (χ2v) is 4.89. The van der Waals surface area contributed by atoms with Gasteiger partial charge in [0.05, 0.1) is 13.2 Å². The lowest BCUT2D eigenvalue weighted by molar-refractivity contribution is -0.146. The van der Waals surface area contributed by atoms with Crippen LogP contribution in [-0.2, 0) is 20.7 Å². The number of ether oxygens (including phenoxy) is 1. The largest absolute Gasteiger partial charge is 0.467 e. The van der Waals surface area contributed by atoms with Crippen LogP contribution in [0.4, 0.5) is 0 Å². The number of rotatable bonds is 7. The Labute approximate surface area is 124 Å². The van der Waals surface area contributed by atoms with Crippen molar-refractivity contribution in [2.45, 2.75) is 32.2 Å². The first-order valence-corrected chi connectivity index (χ1v) is 6.86. The number of nitrogens with zero attached hydrogens (tertiary/aromatic N) is 1. The van der Waals surface area contributed by atoms with E-state index in [0.29, 0.717) is 6.42 Å². The molecule has 1 N–H and O–H groups in total. The molecule has 0 saturated heterocycles. The van der Waals surface area contributed by atoms with Crippen molar-refractivity contribution in [2.24, 2.45) is 5.92 Å². The molecular formula is C16H20N2O3. The van der Waals surface area contributed by atoms with E-state index in [1.807, 2.05) is 36.4 Å². The maximum Gasteiger partial charge on any atom is 0.328 e. The molecule has 21 heavy (non-hydrogen) atoms. The zero-order valence-electron chi connectivity index (χ0n) is 12.3. The molecule has 0 aliphatic rings. The molecule has 0 aliphatic heterocycles. The Morgan fingerprint density at radius 1 is 1.33 bits per heavy atom. The van der Waals surface area contributed by atoms with Crippen LogP contribution < -0.4 is 5.32 Å². The molecule has 0 fully saturated rings. The highest BCUT2D eigenvalue weighted by Gasteiger charge is 2.27. The minimum Gasteiger partial charge on any atom is -0.467 e. The number of carbonyl (C=O) groups is 2. The van der Waals surface area contributed by atoms with Crippen molar-refractivity contribution in [2.75, 3.05) is 7.11 Å². The van der Waals surface area contributed by atoms with E-state index < -0.39 is 12.0 Å². The third-order valence-corrected chi connectivity index (χ3v) is 3.24. The number of nitriles is 1. The number of aryl methyl sites for hydroxylation is 1. The molecular weight excluding hydrogens is 268 g/mol. The number of carbonyl (C=O) groups excluding carboxylic acids is 2. The van der Waals surface area contributed by atoms with Gasteiger partial charge in [0, 0.05) is 18.8 Å². The van der Waals surface area contributed by atoms with E-state index in [1.165, 1.54) is 7.11 Å². The van der Waals surface area contributed by atoms with Gasteiger partial charge < -0.3 is 10.1 Å². The van der Waals surface area contributed by atoms with Gasteiger partial charge in [-0.05, 0) is 12.0 Å². The molecule has 2 atom stereocenters. The summed E-state index contributed by atoms with van der Waals surface area (Å²) in [5.41, 5.74) is 1.06. The second kappa shape index (κ2) is 8.75. The molecule has 1 aromatic carbocycles. The van der Waals surface area contributed by atoms with E-state index >= 15 is 0 Å². The van der Waals surface area contributed by atoms with Crippen LogP contribution in [0.2, 0.25) is 0 Å². The monoisotopic (exact) mass is 288 g/mol. The summed E-state index contributed by atoms with van der Waals surface area (Å²) in [6, 6.07) is 10.9. The molecule has 1 aromatic rings. The van der Waals surface area contributed by atoms with Crippen molar-refractivity contribution in [3.63, 3.8) is 0 Å². The Bertz CT molecular complexity index is 508. The summed E-state index contributed by atoms with van der Waals surface area (Å²) in [6.07, 6.45) is 1.07. The first kappa shape index (κ1) is 16.7. The lowest BCUT2D eigenvalue weighted by Crippen LogP contribution is -2.45. The van der Waals surface area contributed by atoms with Crippen molar-refractivity contribution < 1.29 is 14.3 Å². The Kier molecular flexibility index (Phi) is 6.96. The van der Waals surface area contributed by atoms with Crippen LogP contribution in [0.3, 0.4) is 0 Å². The molecule has 0 unspecified atom stereocenters. The van der Waals surface area contributed by atoms with E-state index in [4.69, 9.17) is 5.26 Å². The Hall–Kier alpha value is -2.35. The van der Waals surface area contributed by atoms with Crippen LogP contribution in [0.25, 0.3) is 0 Å². The fraction of sp³-hybridized carbons (Fsp3) is 0.438. The van der Waals surface area contributed by atoms with E-state index in [0.717, 1.165) is 5.56 Å². The second-order valence-electron chi connectivity index (χ2n) is 4.89. The molecule has 1 rings (SSSR count). The van der Waals surface area contributed by atoms with Gasteiger partial charge in [-0.3, -0.25) is 4.79 Å². The number of hydrogen-bond donors (Lipinski definition) is 1. The minimum absolute atomic E-state index is 0.179. The van der Waals surface area contributed by atoms with Gasteiger partial charge in [0.2, 0.25) is 5.91 Å². The maximum absolute atomic E-state index is 12.0. The SMILES string of the molecule is COC(=O)[C@@H](NC(=O)CCc1ccccc1)[C@@H](C)CC#N. The lowest BCUT2D eigenvalue weighted by atomic mass is 9.98. The molecule has 0 radical (unpaired) electrons. The summed E-state index contributed by atoms with van der Waals surface area (Å²) in [5.74, 6) is -1.03. The molecule has 0 saturated carbocycles. The van der Waals surface area contributed by atoms with Crippen LogP contribution in [0, 0.1) is 17.2 Å². The fourth-order valence-electron chi connectivity index (χ4n) is 1.97. The van der Waals surface area contributed by atoms with E-state index in [-0.39, 0.29) is 24.7 Å². The van der Waals surface area contributed by atoms with E-state index in [2.05, 4.69) is 10.1 Å². The average molecular weight is 288 g/mol. The standard InChI is InChI=1S/C16H20N2O3/c1-12(10-11-17)15(16(20)21-2)18-14(19)9-8-13-6-4-3-5-7-13/h3-7,12,15H,8-10H2,1-2H3,(H,18,19)/t12-,15-/m0/s1. The van der Waals surface area contributed by atoms with Gasteiger partial charge in [0.25, 0.3) is 0 Å². The van der Waals surface area contributed by atoms with Crippen molar-refractivity contribution in [3.05, 3.63) is 35.9 Å². The van der Waals surface area contributed by atoms with Gasteiger partial charge in [0.15, 0.2) is 0 Å². The van der Waals surface area contributed by atoms with Gasteiger partial charge >= 0.3 is 5.97 Å². The van der Waals surface area contributed by atoms with E-state index in [9.17, 15) is 9.59 Å². The van der Waals surface area contributed by atoms with Gasteiger partial charge in [-0.15, -0.1) is 0 Å². The topological polar surface area (TPSA) is 79.2 Å². The van der Waals surface area contributed by atoms with Gasteiger partial charge in [-0.2, -0.15) is 5.26 Å². The zero-order valence-corrected chi connectivity index (χ0v) is 12.3. The van der Waals surface area contributed by atoms with Gasteiger partial charge in [-0.1, -0.05) is 37.3 Å². The summed E-state index contributed by atoms with van der Waals surface area (Å²) < 4.78 is 4.68. The highest BCUT2D eigenvalue weighted by atomic mass is 16.5. The Morgan fingerprint density at radius 3 is 2.57 bits per heavy atom. The molecule has 0 aliphatic carbocycles. The number of hydrogen-bond acceptors (Lipinski definition) is 4. The molecule has 5 nitrogen and oxygen atoms in total. The number of amides is 1. The van der Waals surface area contributed by atoms with E-state index in [1.54, 1.807) is 6.92 Å². The summed E-state index contributed by atoms with van der Waals surface area (Å²) in [4.78, 5) is 23.6. The van der Waals surface area contributed by atoms with Crippen molar-refractivity contribution in [1.29, 1.82) is 5.26 Å². The van der Waals surface area contributed by atoms with Crippen LogP contribution in [0.1, 0.15) is 25.3 Å². The minimum atomic E-state index is -0.780. The van der Waals surface area contributed by atoms with Crippen LogP contribution in [0.15, 0.2) is 30.3 Å². The van der Waals surface area contributed by atoms with Crippen molar-refractivity contribution >= 4 is 11.9 Å². The van der Waals surface area contributed by atoms with Crippen LogP contribution in [0.5, 0.6) is 0 Å². The predicted molar refractivity (Wildman–Crippen MR) is 78.1 cm³/mol. The highest BCUT2D eigenvalue weighted by molar-refractivity contribution is 5.84. The molecule has 0 heterocycles. The maximum atomic E-state index is 12.0. The lowest BCUT2D eigenvalue weighted by Gasteiger charge is -2.21. The van der Waals surface area contributed by atoms with Gasteiger partial charge in [-0.25, -0.2) is 4.79 Å².